The summed E-state index contributed by atoms with van der Waals surface area (Å²) in [6, 6.07) is 4.02. The van der Waals surface area contributed by atoms with Crippen molar-refractivity contribution in [2.45, 2.75) is 32.1 Å². The first-order chi connectivity index (χ1) is 6.33. The lowest BCUT2D eigenvalue weighted by atomic mass is 10.00. The SMILES string of the molecule is CCC(=O)C1CCc2cccnc21. The number of fused-ring (bicyclic) bond motifs is 1. The van der Waals surface area contributed by atoms with Crippen molar-refractivity contribution in [2.75, 3.05) is 0 Å². The van der Waals surface area contributed by atoms with Crippen molar-refractivity contribution >= 4 is 5.78 Å². The molecular formula is C11H13NO. The van der Waals surface area contributed by atoms with Gasteiger partial charge in [0.1, 0.15) is 5.78 Å². The molecule has 1 atom stereocenters. The maximum Gasteiger partial charge on any atom is 0.141 e. The largest absolute Gasteiger partial charge is 0.299 e. The number of ketones is 1. The van der Waals surface area contributed by atoms with Crippen LogP contribution in [0.4, 0.5) is 0 Å². The van der Waals surface area contributed by atoms with Crippen LogP contribution in [0.2, 0.25) is 0 Å². The van der Waals surface area contributed by atoms with Crippen LogP contribution >= 0.6 is 0 Å². The lowest BCUT2D eigenvalue weighted by Crippen LogP contribution is -2.09. The highest BCUT2D eigenvalue weighted by Gasteiger charge is 2.27. The van der Waals surface area contributed by atoms with Crippen molar-refractivity contribution in [3.63, 3.8) is 0 Å². The van der Waals surface area contributed by atoms with E-state index in [0.717, 1.165) is 18.5 Å². The highest BCUT2D eigenvalue weighted by Crippen LogP contribution is 2.32. The van der Waals surface area contributed by atoms with Crippen LogP contribution in [-0.2, 0) is 11.2 Å². The summed E-state index contributed by atoms with van der Waals surface area (Å²) in [6.45, 7) is 1.92. The molecule has 2 nitrogen and oxygen atoms in total. The molecule has 13 heavy (non-hydrogen) atoms. The maximum atomic E-state index is 11.5. The monoisotopic (exact) mass is 175 g/mol. The van der Waals surface area contributed by atoms with Crippen molar-refractivity contribution in [3.05, 3.63) is 29.6 Å². The molecule has 0 N–H and O–H groups in total. The first kappa shape index (κ1) is 8.42. The molecular weight excluding hydrogens is 162 g/mol. The average Bonchev–Trinajstić information content (AvgIpc) is 2.60. The fourth-order valence-electron chi connectivity index (χ4n) is 1.97. The Morgan fingerprint density at radius 1 is 1.69 bits per heavy atom. The van der Waals surface area contributed by atoms with E-state index in [4.69, 9.17) is 0 Å². The Bertz CT molecular complexity index is 333. The first-order valence-electron chi connectivity index (χ1n) is 4.79. The number of aromatic nitrogens is 1. The summed E-state index contributed by atoms with van der Waals surface area (Å²) in [5, 5.41) is 0. The topological polar surface area (TPSA) is 30.0 Å². The second-order valence-corrected chi connectivity index (χ2v) is 3.46. The summed E-state index contributed by atoms with van der Waals surface area (Å²) < 4.78 is 0. The van der Waals surface area contributed by atoms with Gasteiger partial charge in [-0.05, 0) is 24.5 Å². The van der Waals surface area contributed by atoms with Gasteiger partial charge in [0, 0.05) is 12.6 Å². The predicted octanol–water partition coefficient (Wildman–Crippen LogP) is 2.09. The number of hydrogen-bond acceptors (Lipinski definition) is 2. The van der Waals surface area contributed by atoms with Crippen LogP contribution in [0.3, 0.4) is 0 Å². The molecule has 0 amide bonds. The number of Topliss-reactive ketones (excluding diaryl/α,β-unsaturated/α-hetero) is 1. The summed E-state index contributed by atoms with van der Waals surface area (Å²) in [4.78, 5) is 15.8. The van der Waals surface area contributed by atoms with Crippen molar-refractivity contribution in [1.29, 1.82) is 0 Å². The van der Waals surface area contributed by atoms with E-state index < -0.39 is 0 Å². The molecule has 1 unspecified atom stereocenters. The molecule has 0 saturated carbocycles. The molecule has 2 heteroatoms. The zero-order valence-electron chi connectivity index (χ0n) is 7.79. The third kappa shape index (κ3) is 1.37. The third-order valence-electron chi connectivity index (χ3n) is 2.70. The minimum atomic E-state index is 0.0844. The highest BCUT2D eigenvalue weighted by molar-refractivity contribution is 5.86. The lowest BCUT2D eigenvalue weighted by Gasteiger charge is -2.06. The van der Waals surface area contributed by atoms with E-state index in [9.17, 15) is 4.79 Å². The van der Waals surface area contributed by atoms with E-state index >= 15 is 0 Å². The van der Waals surface area contributed by atoms with Gasteiger partial charge in [0.05, 0.1) is 11.6 Å². The van der Waals surface area contributed by atoms with Gasteiger partial charge >= 0.3 is 0 Å². The van der Waals surface area contributed by atoms with Crippen molar-refractivity contribution < 1.29 is 4.79 Å². The summed E-state index contributed by atoms with van der Waals surface area (Å²) in [5.41, 5.74) is 2.28. The standard InChI is InChI=1S/C11H13NO/c1-2-10(13)9-6-5-8-4-3-7-12-11(8)9/h3-4,7,9H,2,5-6H2,1H3. The van der Waals surface area contributed by atoms with E-state index in [-0.39, 0.29) is 5.92 Å². The molecule has 1 aromatic heterocycles. The smallest absolute Gasteiger partial charge is 0.141 e. The molecule has 1 heterocycles. The van der Waals surface area contributed by atoms with Crippen LogP contribution in [-0.4, -0.2) is 10.8 Å². The summed E-state index contributed by atoms with van der Waals surface area (Å²) in [6.07, 6.45) is 4.37. The van der Waals surface area contributed by atoms with Gasteiger partial charge in [-0.25, -0.2) is 0 Å². The quantitative estimate of drug-likeness (QED) is 0.689. The highest BCUT2D eigenvalue weighted by atomic mass is 16.1. The second kappa shape index (κ2) is 3.29. The molecule has 0 radical (unpaired) electrons. The van der Waals surface area contributed by atoms with Gasteiger partial charge in [-0.1, -0.05) is 13.0 Å². The maximum absolute atomic E-state index is 11.5. The number of pyridine rings is 1. The van der Waals surface area contributed by atoms with E-state index in [1.807, 2.05) is 13.0 Å². The summed E-state index contributed by atoms with van der Waals surface area (Å²) in [5.74, 6) is 0.415. The third-order valence-corrected chi connectivity index (χ3v) is 2.70. The van der Waals surface area contributed by atoms with Gasteiger partial charge in [-0.15, -0.1) is 0 Å². The van der Waals surface area contributed by atoms with E-state index in [1.54, 1.807) is 6.20 Å². The normalized spacial score (nSPS) is 19.9. The van der Waals surface area contributed by atoms with Gasteiger partial charge in [-0.2, -0.15) is 0 Å². The van der Waals surface area contributed by atoms with Crippen LogP contribution in [0.5, 0.6) is 0 Å². The van der Waals surface area contributed by atoms with Gasteiger partial charge in [0.2, 0.25) is 0 Å². The Labute approximate surface area is 78.0 Å². The molecule has 0 aromatic carbocycles. The van der Waals surface area contributed by atoms with Crippen LogP contribution in [0.25, 0.3) is 0 Å². The fourth-order valence-corrected chi connectivity index (χ4v) is 1.97. The Morgan fingerprint density at radius 3 is 3.31 bits per heavy atom. The van der Waals surface area contributed by atoms with Crippen molar-refractivity contribution in [3.8, 4) is 0 Å². The van der Waals surface area contributed by atoms with Gasteiger partial charge in [0.15, 0.2) is 0 Å². The van der Waals surface area contributed by atoms with Gasteiger partial charge in [-0.3, -0.25) is 9.78 Å². The Morgan fingerprint density at radius 2 is 2.54 bits per heavy atom. The number of carbonyl (C=O) groups is 1. The molecule has 1 aliphatic carbocycles. The molecule has 0 fully saturated rings. The Balaban J connectivity index is 2.33. The zero-order chi connectivity index (χ0) is 9.26. The molecule has 2 rings (SSSR count). The molecule has 1 aliphatic rings. The number of nitrogens with zero attached hydrogens (tertiary/aromatic N) is 1. The number of rotatable bonds is 2. The number of aryl methyl sites for hydroxylation is 1. The Kier molecular flexibility index (Phi) is 2.13. The van der Waals surface area contributed by atoms with Crippen LogP contribution in [0.15, 0.2) is 18.3 Å². The van der Waals surface area contributed by atoms with Crippen molar-refractivity contribution in [2.24, 2.45) is 0 Å². The van der Waals surface area contributed by atoms with Crippen LogP contribution in [0, 0.1) is 0 Å². The minimum absolute atomic E-state index is 0.0844. The molecule has 68 valence electrons. The molecule has 0 spiro atoms. The summed E-state index contributed by atoms with van der Waals surface area (Å²) in [7, 11) is 0. The molecule has 0 saturated heterocycles. The molecule has 0 aliphatic heterocycles. The van der Waals surface area contributed by atoms with E-state index in [0.29, 0.717) is 12.2 Å². The lowest BCUT2D eigenvalue weighted by molar-refractivity contribution is -0.120. The minimum Gasteiger partial charge on any atom is -0.299 e. The van der Waals surface area contributed by atoms with E-state index in [1.165, 1.54) is 5.56 Å². The van der Waals surface area contributed by atoms with Crippen LogP contribution in [0.1, 0.15) is 36.9 Å². The van der Waals surface area contributed by atoms with E-state index in [2.05, 4.69) is 11.1 Å². The Hall–Kier alpha value is -1.18. The molecule has 1 aromatic rings. The molecule has 0 bridgehead atoms. The zero-order valence-corrected chi connectivity index (χ0v) is 7.79. The average molecular weight is 175 g/mol. The van der Waals surface area contributed by atoms with Crippen LogP contribution < -0.4 is 0 Å². The van der Waals surface area contributed by atoms with Crippen molar-refractivity contribution in [1.82, 2.24) is 4.98 Å². The first-order valence-corrected chi connectivity index (χ1v) is 4.79. The fraction of sp³-hybridized carbons (Fsp3) is 0.455. The number of hydrogen-bond donors (Lipinski definition) is 0. The second-order valence-electron chi connectivity index (χ2n) is 3.46. The van der Waals surface area contributed by atoms with Gasteiger partial charge in [0.25, 0.3) is 0 Å². The number of carbonyl (C=O) groups excluding carboxylic acids is 1. The van der Waals surface area contributed by atoms with Gasteiger partial charge < -0.3 is 0 Å². The predicted molar refractivity (Wildman–Crippen MR) is 50.6 cm³/mol. The summed E-state index contributed by atoms with van der Waals surface area (Å²) >= 11 is 0.